The highest BCUT2D eigenvalue weighted by Crippen LogP contribution is 2.26. The third kappa shape index (κ3) is 7.71. The maximum Gasteiger partial charge on any atom is 0.264 e. The molecular weight excluding hydrogens is 564 g/mol. The van der Waals surface area contributed by atoms with E-state index in [-0.39, 0.29) is 34.1 Å². The molecule has 3 aromatic rings. The number of sulfonamides is 1. The zero-order chi connectivity index (χ0) is 28.7. The van der Waals surface area contributed by atoms with Gasteiger partial charge in [0.1, 0.15) is 18.4 Å². The highest BCUT2D eigenvalue weighted by Gasteiger charge is 2.32. The lowest BCUT2D eigenvalue weighted by Gasteiger charge is -2.32. The molecule has 0 aliphatic carbocycles. The Morgan fingerprint density at radius 3 is 2.18 bits per heavy atom. The van der Waals surface area contributed by atoms with Crippen molar-refractivity contribution in [2.75, 3.05) is 10.8 Å². The number of carbonyl (C=O) groups excluding carboxylic acids is 2. The minimum atomic E-state index is -4.27. The summed E-state index contributed by atoms with van der Waals surface area (Å²) >= 11 is 12.2. The molecule has 0 saturated carbocycles. The van der Waals surface area contributed by atoms with Gasteiger partial charge in [-0.15, -0.1) is 0 Å². The van der Waals surface area contributed by atoms with Crippen molar-refractivity contribution in [1.82, 2.24) is 10.2 Å². The molecular formula is C28H30Cl2FN3O4S. The molecule has 7 nitrogen and oxygen atoms in total. The first-order chi connectivity index (χ1) is 18.4. The Kier molecular flexibility index (Phi) is 10.4. The van der Waals surface area contributed by atoms with E-state index in [9.17, 15) is 22.4 Å². The Labute approximate surface area is 238 Å². The van der Waals surface area contributed by atoms with Crippen LogP contribution >= 0.6 is 23.2 Å². The molecule has 0 bridgehead atoms. The van der Waals surface area contributed by atoms with Crippen LogP contribution in [0.1, 0.15) is 32.8 Å². The molecule has 0 heterocycles. The number of nitrogens with zero attached hydrogens (tertiary/aromatic N) is 2. The first-order valence-corrected chi connectivity index (χ1v) is 14.5. The van der Waals surface area contributed by atoms with Crippen molar-refractivity contribution in [3.05, 3.63) is 94.2 Å². The van der Waals surface area contributed by atoms with Gasteiger partial charge in [-0.3, -0.25) is 13.9 Å². The van der Waals surface area contributed by atoms with E-state index in [0.29, 0.717) is 17.0 Å². The minimum absolute atomic E-state index is 0.0238. The van der Waals surface area contributed by atoms with Gasteiger partial charge in [0.2, 0.25) is 11.8 Å². The summed E-state index contributed by atoms with van der Waals surface area (Å²) < 4.78 is 41.8. The summed E-state index contributed by atoms with van der Waals surface area (Å²) in [5.74, 6) is -1.60. The number of rotatable bonds is 11. The molecule has 0 radical (unpaired) electrons. The van der Waals surface area contributed by atoms with Crippen LogP contribution in [-0.4, -0.2) is 43.8 Å². The van der Waals surface area contributed by atoms with Crippen molar-refractivity contribution < 1.29 is 22.4 Å². The normalized spacial score (nSPS) is 12.9. The van der Waals surface area contributed by atoms with Gasteiger partial charge in [0, 0.05) is 12.6 Å². The molecule has 11 heteroatoms. The van der Waals surface area contributed by atoms with Crippen molar-refractivity contribution in [2.45, 2.75) is 50.7 Å². The fraction of sp³-hybridized carbons (Fsp3) is 0.286. The largest absolute Gasteiger partial charge is 0.352 e. The molecule has 1 N–H and O–H groups in total. The van der Waals surface area contributed by atoms with Crippen LogP contribution in [-0.2, 0) is 26.2 Å². The van der Waals surface area contributed by atoms with Gasteiger partial charge in [-0.2, -0.15) is 0 Å². The van der Waals surface area contributed by atoms with E-state index >= 15 is 0 Å². The lowest BCUT2D eigenvalue weighted by atomic mass is 10.1. The van der Waals surface area contributed by atoms with Gasteiger partial charge in [0.05, 0.1) is 20.6 Å². The Morgan fingerprint density at radius 2 is 1.59 bits per heavy atom. The van der Waals surface area contributed by atoms with Gasteiger partial charge < -0.3 is 10.2 Å². The molecule has 3 aromatic carbocycles. The fourth-order valence-corrected chi connectivity index (χ4v) is 5.47. The first kappa shape index (κ1) is 30.4. The van der Waals surface area contributed by atoms with E-state index in [2.05, 4.69) is 5.32 Å². The van der Waals surface area contributed by atoms with Crippen LogP contribution in [0.2, 0.25) is 10.0 Å². The van der Waals surface area contributed by atoms with Gasteiger partial charge in [-0.1, -0.05) is 54.4 Å². The van der Waals surface area contributed by atoms with Gasteiger partial charge in [0.25, 0.3) is 10.0 Å². The Morgan fingerprint density at radius 1 is 0.949 bits per heavy atom. The van der Waals surface area contributed by atoms with E-state index in [1.807, 2.05) is 13.8 Å². The van der Waals surface area contributed by atoms with Crippen LogP contribution in [0, 0.1) is 5.82 Å². The monoisotopic (exact) mass is 593 g/mol. The number of halogens is 3. The Balaban J connectivity index is 2.01. The molecule has 0 saturated heterocycles. The van der Waals surface area contributed by atoms with Gasteiger partial charge in [-0.05, 0) is 74.4 Å². The summed E-state index contributed by atoms with van der Waals surface area (Å²) in [7, 11) is -4.27. The number of amides is 2. The van der Waals surface area contributed by atoms with E-state index in [0.717, 1.165) is 28.6 Å². The predicted octanol–water partition coefficient (Wildman–Crippen LogP) is 5.66. The molecule has 0 aliphatic rings. The van der Waals surface area contributed by atoms with Crippen LogP contribution in [0.4, 0.5) is 10.1 Å². The molecule has 2 amide bonds. The highest BCUT2D eigenvalue weighted by atomic mass is 35.5. The minimum Gasteiger partial charge on any atom is -0.352 e. The summed E-state index contributed by atoms with van der Waals surface area (Å²) in [4.78, 5) is 28.0. The van der Waals surface area contributed by atoms with Gasteiger partial charge >= 0.3 is 0 Å². The molecule has 2 atom stereocenters. The maximum atomic E-state index is 13.8. The fourth-order valence-electron chi connectivity index (χ4n) is 3.74. The molecule has 3 rings (SSSR count). The standard InChI is InChI=1S/C28H30Cl2FN3O4S/c1-4-19(2)32-28(36)20(3)33(17-21-10-15-25(29)26(30)16-21)27(35)18-34(23-8-6-5-7-9-23)39(37,38)24-13-11-22(31)12-14-24/h5-16,19-20H,4,17-18H2,1-3H3,(H,32,36)/t19-,20-/m1/s1. The zero-order valence-electron chi connectivity index (χ0n) is 21.8. The van der Waals surface area contributed by atoms with Crippen molar-refractivity contribution in [2.24, 2.45) is 0 Å². The first-order valence-electron chi connectivity index (χ1n) is 12.3. The lowest BCUT2D eigenvalue weighted by molar-refractivity contribution is -0.139. The number of para-hydroxylation sites is 1. The molecule has 39 heavy (non-hydrogen) atoms. The second kappa shape index (κ2) is 13.3. The van der Waals surface area contributed by atoms with E-state index in [1.165, 1.54) is 4.90 Å². The molecule has 208 valence electrons. The molecule has 0 aromatic heterocycles. The van der Waals surface area contributed by atoms with E-state index in [1.54, 1.807) is 55.5 Å². The van der Waals surface area contributed by atoms with Crippen molar-refractivity contribution in [3.8, 4) is 0 Å². The lowest BCUT2D eigenvalue weighted by Crippen LogP contribution is -2.52. The van der Waals surface area contributed by atoms with Crippen LogP contribution in [0.3, 0.4) is 0 Å². The molecule has 0 spiro atoms. The molecule has 0 aliphatic heterocycles. The second-order valence-corrected chi connectivity index (χ2v) is 11.7. The number of nitrogens with one attached hydrogen (secondary N) is 1. The van der Waals surface area contributed by atoms with Crippen molar-refractivity contribution in [1.29, 1.82) is 0 Å². The number of carbonyl (C=O) groups is 2. The predicted molar refractivity (Wildman–Crippen MR) is 152 cm³/mol. The van der Waals surface area contributed by atoms with Crippen LogP contribution in [0.15, 0.2) is 77.7 Å². The quantitative estimate of drug-likeness (QED) is 0.311. The van der Waals surface area contributed by atoms with Crippen molar-refractivity contribution >= 4 is 50.7 Å². The average Bonchev–Trinajstić information content (AvgIpc) is 2.92. The number of anilines is 1. The smallest absolute Gasteiger partial charge is 0.264 e. The Hall–Kier alpha value is -3.14. The zero-order valence-corrected chi connectivity index (χ0v) is 24.1. The number of hydrogen-bond donors (Lipinski definition) is 1. The summed E-state index contributed by atoms with van der Waals surface area (Å²) in [5.41, 5.74) is 0.843. The van der Waals surface area contributed by atoms with Crippen molar-refractivity contribution in [3.63, 3.8) is 0 Å². The third-order valence-electron chi connectivity index (χ3n) is 6.23. The summed E-state index contributed by atoms with van der Waals surface area (Å²) in [6.07, 6.45) is 0.691. The SMILES string of the molecule is CC[C@@H](C)NC(=O)[C@@H](C)N(Cc1ccc(Cl)c(Cl)c1)C(=O)CN(c1ccccc1)S(=O)(=O)c1ccc(F)cc1. The molecule has 0 unspecified atom stereocenters. The number of benzene rings is 3. The Bertz CT molecular complexity index is 1410. The van der Waals surface area contributed by atoms with Crippen LogP contribution in [0.25, 0.3) is 0 Å². The van der Waals surface area contributed by atoms with Gasteiger partial charge in [-0.25, -0.2) is 12.8 Å². The van der Waals surface area contributed by atoms with E-state index < -0.39 is 34.3 Å². The average molecular weight is 595 g/mol. The summed E-state index contributed by atoms with van der Waals surface area (Å²) in [5, 5.41) is 3.49. The van der Waals surface area contributed by atoms with Crippen LogP contribution < -0.4 is 9.62 Å². The van der Waals surface area contributed by atoms with E-state index in [4.69, 9.17) is 23.2 Å². The summed E-state index contributed by atoms with van der Waals surface area (Å²) in [6.45, 7) is 4.72. The third-order valence-corrected chi connectivity index (χ3v) is 8.76. The van der Waals surface area contributed by atoms with Gasteiger partial charge in [0.15, 0.2) is 0 Å². The van der Waals surface area contributed by atoms with Crippen LogP contribution in [0.5, 0.6) is 0 Å². The number of hydrogen-bond acceptors (Lipinski definition) is 4. The molecule has 0 fully saturated rings. The maximum absolute atomic E-state index is 13.8. The highest BCUT2D eigenvalue weighted by molar-refractivity contribution is 7.92. The second-order valence-electron chi connectivity index (χ2n) is 9.07. The summed E-state index contributed by atoms with van der Waals surface area (Å²) in [6, 6.07) is 16.2. The topological polar surface area (TPSA) is 86.8 Å².